The number of aromatic nitrogens is 2. The van der Waals surface area contributed by atoms with E-state index in [-0.39, 0.29) is 18.0 Å². The fourth-order valence-corrected chi connectivity index (χ4v) is 4.93. The number of rotatable bonds is 7. The largest absolute Gasteiger partial charge is 0.509 e. The van der Waals surface area contributed by atoms with Gasteiger partial charge in [-0.25, -0.2) is 14.4 Å². The Labute approximate surface area is 207 Å². The first kappa shape index (κ1) is 26.2. The summed E-state index contributed by atoms with van der Waals surface area (Å²) in [6.07, 6.45) is 2.46. The van der Waals surface area contributed by atoms with Crippen molar-refractivity contribution in [2.45, 2.75) is 101 Å². The molecule has 1 aromatic rings. The molecule has 1 saturated heterocycles. The van der Waals surface area contributed by atoms with Gasteiger partial charge in [0.15, 0.2) is 24.3 Å². The molecule has 4 rings (SSSR count). The van der Waals surface area contributed by atoms with Gasteiger partial charge in [0.2, 0.25) is 0 Å². The predicted octanol–water partition coefficient (Wildman–Crippen LogP) is 2.64. The number of carbonyl (C=O) groups is 2. The Balaban J connectivity index is 1.53. The molecule has 2 aliphatic carbocycles. The van der Waals surface area contributed by atoms with Crippen molar-refractivity contribution < 1.29 is 43.6 Å². The monoisotopic (exact) mass is 511 g/mol. The Kier molecular flexibility index (Phi) is 8.99. The van der Waals surface area contributed by atoms with Gasteiger partial charge in [-0.1, -0.05) is 12.8 Å². The minimum absolute atomic E-state index is 0.106. The summed E-state index contributed by atoms with van der Waals surface area (Å²) >= 11 is 0. The maximum Gasteiger partial charge on any atom is 0.509 e. The maximum absolute atomic E-state index is 12.7. The van der Waals surface area contributed by atoms with Gasteiger partial charge in [-0.15, -0.1) is 0 Å². The summed E-state index contributed by atoms with van der Waals surface area (Å²) < 4.78 is 28.7. The lowest BCUT2D eigenvalue weighted by Gasteiger charge is -2.27. The second-order valence-electron chi connectivity index (χ2n) is 9.28. The van der Waals surface area contributed by atoms with E-state index in [1.165, 1.54) is 12.3 Å². The van der Waals surface area contributed by atoms with Crippen LogP contribution in [0.4, 0.5) is 15.4 Å². The minimum atomic E-state index is -1.34. The van der Waals surface area contributed by atoms with Gasteiger partial charge in [0, 0.05) is 6.20 Å². The van der Waals surface area contributed by atoms with Crippen LogP contribution in [0.3, 0.4) is 0 Å². The second kappa shape index (κ2) is 12.4. The van der Waals surface area contributed by atoms with Gasteiger partial charge in [0.05, 0.1) is 6.61 Å². The summed E-state index contributed by atoms with van der Waals surface area (Å²) in [7, 11) is 0. The van der Waals surface area contributed by atoms with Crippen LogP contribution < -0.4 is 11.2 Å². The number of aliphatic hydroxyl groups is 1. The van der Waals surface area contributed by atoms with Gasteiger partial charge in [0.25, 0.3) is 0 Å². The average Bonchev–Trinajstić information content (AvgIpc) is 3.21. The van der Waals surface area contributed by atoms with Gasteiger partial charge in [0.1, 0.15) is 18.3 Å². The highest BCUT2D eigenvalue weighted by molar-refractivity contribution is 5.62. The standard InChI is InChI=1S/C23H33N3O10/c27-13-16-18(35-22(29)32-14-7-3-1-4-8-14)19(36-23(30)33-15-9-5-2-6-10-15)20(34-16)26-12-11-17(25-31)24-21(26)28/h11-12,14-16,18-20,27,31H,1-10,13H2,(H,24,25,28)/t16-,18-,19-,20-/m1/s1. The fourth-order valence-electron chi connectivity index (χ4n) is 4.93. The Morgan fingerprint density at radius 1 is 0.944 bits per heavy atom. The number of carbonyl (C=O) groups excluding carboxylic acids is 2. The third-order valence-electron chi connectivity index (χ3n) is 6.78. The third-order valence-corrected chi connectivity index (χ3v) is 6.78. The molecule has 13 nitrogen and oxygen atoms in total. The molecule has 0 unspecified atom stereocenters. The molecule has 3 N–H and O–H groups in total. The van der Waals surface area contributed by atoms with Crippen molar-refractivity contribution in [1.29, 1.82) is 0 Å². The van der Waals surface area contributed by atoms with E-state index < -0.39 is 49.1 Å². The first-order valence-electron chi connectivity index (χ1n) is 12.5. The molecule has 2 heterocycles. The number of aliphatic hydroxyl groups excluding tert-OH is 1. The third kappa shape index (κ3) is 6.45. The van der Waals surface area contributed by atoms with Crippen molar-refractivity contribution in [1.82, 2.24) is 9.55 Å². The SMILES string of the molecule is O=C(OC1CCCCC1)O[C@@H]1[C@H](OC(=O)OC2CCCCC2)[C@@H](CO)O[C@H]1n1ccc(NO)nc1=O. The number of nitrogens with zero attached hydrogens (tertiary/aromatic N) is 2. The molecule has 0 aromatic carbocycles. The van der Waals surface area contributed by atoms with Crippen molar-refractivity contribution in [3.8, 4) is 0 Å². The van der Waals surface area contributed by atoms with Gasteiger partial charge < -0.3 is 28.8 Å². The summed E-state index contributed by atoms with van der Waals surface area (Å²) in [6, 6.07) is 1.29. The van der Waals surface area contributed by atoms with Crippen LogP contribution in [0.25, 0.3) is 0 Å². The van der Waals surface area contributed by atoms with Crippen molar-refractivity contribution >= 4 is 18.1 Å². The fraction of sp³-hybridized carbons (Fsp3) is 0.739. The van der Waals surface area contributed by atoms with Gasteiger partial charge in [-0.2, -0.15) is 4.98 Å². The van der Waals surface area contributed by atoms with Crippen molar-refractivity contribution in [3.05, 3.63) is 22.7 Å². The summed E-state index contributed by atoms with van der Waals surface area (Å²) in [4.78, 5) is 41.5. The molecule has 3 aliphatic rings. The molecular formula is C23H33N3O10. The highest BCUT2D eigenvalue weighted by Crippen LogP contribution is 2.34. The van der Waals surface area contributed by atoms with Crippen LogP contribution in [0.15, 0.2) is 17.1 Å². The molecule has 2 saturated carbocycles. The van der Waals surface area contributed by atoms with E-state index >= 15 is 0 Å². The zero-order valence-corrected chi connectivity index (χ0v) is 20.0. The predicted molar refractivity (Wildman–Crippen MR) is 121 cm³/mol. The highest BCUT2D eigenvalue weighted by atomic mass is 16.8. The van der Waals surface area contributed by atoms with E-state index in [1.807, 2.05) is 0 Å². The topological polar surface area (TPSA) is 168 Å². The number of nitrogens with one attached hydrogen (secondary N) is 1. The van der Waals surface area contributed by atoms with Crippen molar-refractivity contribution in [3.63, 3.8) is 0 Å². The lowest BCUT2D eigenvalue weighted by atomic mass is 9.98. The molecular weight excluding hydrogens is 478 g/mol. The quantitative estimate of drug-likeness (QED) is 0.362. The normalized spacial score (nSPS) is 27.3. The van der Waals surface area contributed by atoms with Crippen LogP contribution in [0.1, 0.15) is 70.4 Å². The van der Waals surface area contributed by atoms with Gasteiger partial charge in [-0.3, -0.25) is 15.3 Å². The molecule has 0 spiro atoms. The lowest BCUT2D eigenvalue weighted by Crippen LogP contribution is -2.43. The Morgan fingerprint density at radius 2 is 1.50 bits per heavy atom. The maximum atomic E-state index is 12.7. The van der Waals surface area contributed by atoms with E-state index in [9.17, 15) is 19.5 Å². The Hall–Kier alpha value is -2.90. The minimum Gasteiger partial charge on any atom is -0.431 e. The molecule has 0 bridgehead atoms. The summed E-state index contributed by atoms with van der Waals surface area (Å²) in [6.45, 7) is -0.589. The number of ether oxygens (including phenoxy) is 5. The molecule has 13 heteroatoms. The zero-order chi connectivity index (χ0) is 25.5. The Bertz CT molecular complexity index is 944. The summed E-state index contributed by atoms with van der Waals surface area (Å²) in [5.41, 5.74) is 0.934. The number of hydrogen-bond acceptors (Lipinski definition) is 12. The summed E-state index contributed by atoms with van der Waals surface area (Å²) in [5, 5.41) is 18.9. The Morgan fingerprint density at radius 3 is 2.00 bits per heavy atom. The first-order valence-corrected chi connectivity index (χ1v) is 12.5. The van der Waals surface area contributed by atoms with Crippen LogP contribution in [0.5, 0.6) is 0 Å². The molecule has 3 fully saturated rings. The van der Waals surface area contributed by atoms with Gasteiger partial charge >= 0.3 is 18.0 Å². The highest BCUT2D eigenvalue weighted by Gasteiger charge is 2.51. The van der Waals surface area contributed by atoms with Crippen LogP contribution >= 0.6 is 0 Å². The molecule has 36 heavy (non-hydrogen) atoms. The van der Waals surface area contributed by atoms with E-state index in [4.69, 9.17) is 28.9 Å². The lowest BCUT2D eigenvalue weighted by molar-refractivity contribution is -0.0790. The molecule has 1 aromatic heterocycles. The van der Waals surface area contributed by atoms with E-state index in [1.54, 1.807) is 5.48 Å². The zero-order valence-electron chi connectivity index (χ0n) is 20.0. The molecule has 200 valence electrons. The van der Waals surface area contributed by atoms with E-state index in [0.29, 0.717) is 12.8 Å². The van der Waals surface area contributed by atoms with Crippen LogP contribution in [0, 0.1) is 0 Å². The number of anilines is 1. The smallest absolute Gasteiger partial charge is 0.431 e. The van der Waals surface area contributed by atoms with Crippen LogP contribution in [-0.2, 0) is 23.7 Å². The molecule has 4 atom stereocenters. The summed E-state index contributed by atoms with van der Waals surface area (Å²) in [5.74, 6) is -0.106. The number of hydrogen-bond donors (Lipinski definition) is 3. The van der Waals surface area contributed by atoms with E-state index in [0.717, 1.165) is 55.9 Å². The first-order chi connectivity index (χ1) is 17.5. The van der Waals surface area contributed by atoms with Crippen molar-refractivity contribution in [2.24, 2.45) is 0 Å². The average molecular weight is 512 g/mol. The van der Waals surface area contributed by atoms with E-state index in [2.05, 4.69) is 4.98 Å². The molecule has 1 aliphatic heterocycles. The van der Waals surface area contributed by atoms with Crippen LogP contribution in [-0.4, -0.2) is 69.3 Å². The molecule has 0 amide bonds. The molecule has 0 radical (unpaired) electrons. The second-order valence-corrected chi connectivity index (χ2v) is 9.28. The van der Waals surface area contributed by atoms with Crippen molar-refractivity contribution in [2.75, 3.05) is 12.1 Å². The van der Waals surface area contributed by atoms with Gasteiger partial charge in [-0.05, 0) is 57.4 Å². The van der Waals surface area contributed by atoms with Crippen LogP contribution in [0.2, 0.25) is 0 Å².